The summed E-state index contributed by atoms with van der Waals surface area (Å²) in [5, 5.41) is 0. The summed E-state index contributed by atoms with van der Waals surface area (Å²) in [5.74, 6) is -0.553. The van der Waals surface area contributed by atoms with E-state index < -0.39 is 5.91 Å². The monoisotopic (exact) mass is 203 g/mol. The van der Waals surface area contributed by atoms with Gasteiger partial charge in [-0.05, 0) is 0 Å². The van der Waals surface area contributed by atoms with Crippen molar-refractivity contribution in [2.24, 2.45) is 5.73 Å². The highest BCUT2D eigenvalue weighted by atomic mass is 16.1. The number of carbonyl (C=O) groups excluding carboxylic acids is 1. The molecule has 0 aliphatic carbocycles. The maximum Gasteiger partial charge on any atom is 0.268 e. The quantitative estimate of drug-likeness (QED) is 0.706. The molecule has 2 N–H and O–H groups in total. The van der Waals surface area contributed by atoms with Crippen LogP contribution < -0.4 is 5.73 Å². The van der Waals surface area contributed by atoms with E-state index in [1.165, 1.54) is 18.6 Å². The van der Waals surface area contributed by atoms with Gasteiger partial charge in [0.15, 0.2) is 0 Å². The van der Waals surface area contributed by atoms with E-state index in [4.69, 9.17) is 5.73 Å². The molecule has 0 atom stereocenters. The fourth-order valence-electron chi connectivity index (χ4n) is 0.680. The second-order valence-corrected chi connectivity index (χ2v) is 2.35. The van der Waals surface area contributed by atoms with Crippen LogP contribution in [0.5, 0.6) is 0 Å². The van der Waals surface area contributed by atoms with Gasteiger partial charge >= 0.3 is 0 Å². The van der Waals surface area contributed by atoms with E-state index in [0.29, 0.717) is 0 Å². The number of nitrogens with two attached hydrogens (primary N) is 1. The maximum atomic E-state index is 10.3. The Bertz CT molecular complexity index is 365. The molecule has 0 aliphatic rings. The zero-order valence-corrected chi connectivity index (χ0v) is 7.82. The molecule has 15 heavy (non-hydrogen) atoms. The average molecular weight is 203 g/mol. The van der Waals surface area contributed by atoms with Crippen LogP contribution in [0.4, 0.5) is 0 Å². The van der Waals surface area contributed by atoms with Crippen LogP contribution in [0.1, 0.15) is 10.5 Å². The minimum Gasteiger partial charge on any atom is -0.364 e. The van der Waals surface area contributed by atoms with Gasteiger partial charge in [0.05, 0.1) is 6.20 Å². The highest BCUT2D eigenvalue weighted by molar-refractivity contribution is 5.90. The number of hydrogen-bond acceptors (Lipinski definition) is 5. The van der Waals surface area contributed by atoms with Gasteiger partial charge in [-0.3, -0.25) is 19.7 Å². The predicted octanol–water partition coefficient (Wildman–Crippen LogP) is 0.0521. The second-order valence-electron chi connectivity index (χ2n) is 2.35. The summed E-state index contributed by atoms with van der Waals surface area (Å²) in [7, 11) is 0. The van der Waals surface area contributed by atoms with E-state index in [9.17, 15) is 4.79 Å². The predicted molar refractivity (Wildman–Crippen MR) is 52.6 cm³/mol. The van der Waals surface area contributed by atoms with Crippen LogP contribution in [-0.2, 0) is 0 Å². The first-order valence-electron chi connectivity index (χ1n) is 4.06. The Hall–Kier alpha value is -2.37. The van der Waals surface area contributed by atoms with Crippen molar-refractivity contribution in [3.63, 3.8) is 0 Å². The van der Waals surface area contributed by atoms with E-state index in [2.05, 4.69) is 19.9 Å². The third kappa shape index (κ3) is 4.41. The molecule has 76 valence electrons. The van der Waals surface area contributed by atoms with Crippen molar-refractivity contribution in [1.29, 1.82) is 0 Å². The zero-order chi connectivity index (χ0) is 10.9. The smallest absolute Gasteiger partial charge is 0.268 e. The minimum atomic E-state index is -0.553. The van der Waals surface area contributed by atoms with Crippen molar-refractivity contribution in [2.75, 3.05) is 0 Å². The van der Waals surface area contributed by atoms with Crippen molar-refractivity contribution in [1.82, 2.24) is 19.9 Å². The molecule has 0 radical (unpaired) electrons. The molecular weight excluding hydrogens is 194 g/mol. The molecule has 0 aromatic carbocycles. The van der Waals surface area contributed by atoms with Crippen LogP contribution in [0, 0.1) is 0 Å². The molecule has 0 aliphatic heterocycles. The van der Waals surface area contributed by atoms with Crippen LogP contribution >= 0.6 is 0 Å². The Morgan fingerprint density at radius 2 is 1.47 bits per heavy atom. The normalized spacial score (nSPS) is 8.53. The van der Waals surface area contributed by atoms with Crippen LogP contribution in [0.15, 0.2) is 43.4 Å². The second kappa shape index (κ2) is 6.14. The Labute approximate surface area is 86.2 Å². The molecular formula is C9H9N5O. The maximum absolute atomic E-state index is 10.3. The van der Waals surface area contributed by atoms with Gasteiger partial charge < -0.3 is 5.73 Å². The first-order chi connectivity index (χ1) is 7.30. The van der Waals surface area contributed by atoms with Crippen molar-refractivity contribution in [3.8, 4) is 0 Å². The number of rotatable bonds is 1. The molecule has 0 bridgehead atoms. The van der Waals surface area contributed by atoms with Crippen LogP contribution in [0.25, 0.3) is 0 Å². The lowest BCUT2D eigenvalue weighted by molar-refractivity contribution is 0.0995. The van der Waals surface area contributed by atoms with Crippen molar-refractivity contribution >= 4 is 5.91 Å². The van der Waals surface area contributed by atoms with Crippen molar-refractivity contribution in [3.05, 3.63) is 49.1 Å². The van der Waals surface area contributed by atoms with E-state index >= 15 is 0 Å². The molecule has 1 amide bonds. The molecule has 6 nitrogen and oxygen atoms in total. The lowest BCUT2D eigenvalue weighted by atomic mass is 10.4. The van der Waals surface area contributed by atoms with E-state index in [1.54, 1.807) is 24.8 Å². The molecule has 0 unspecified atom stereocenters. The first-order valence-corrected chi connectivity index (χ1v) is 4.06. The zero-order valence-electron chi connectivity index (χ0n) is 7.82. The highest BCUT2D eigenvalue weighted by Crippen LogP contribution is 1.84. The number of primary amides is 1. The summed E-state index contributed by atoms with van der Waals surface area (Å²) in [6, 6.07) is 0. The average Bonchev–Trinajstić information content (AvgIpc) is 2.33. The van der Waals surface area contributed by atoms with Gasteiger partial charge in [-0.2, -0.15) is 0 Å². The highest BCUT2D eigenvalue weighted by Gasteiger charge is 1.97. The molecule has 0 spiro atoms. The van der Waals surface area contributed by atoms with Crippen LogP contribution in [0.3, 0.4) is 0 Å². The topological polar surface area (TPSA) is 94.7 Å². The molecule has 2 rings (SSSR count). The number of aromatic nitrogens is 4. The van der Waals surface area contributed by atoms with Gasteiger partial charge in [-0.25, -0.2) is 4.98 Å². The Morgan fingerprint density at radius 3 is 1.73 bits per heavy atom. The number of amides is 1. The fourth-order valence-corrected chi connectivity index (χ4v) is 0.680. The van der Waals surface area contributed by atoms with Gasteiger partial charge in [-0.1, -0.05) is 0 Å². The van der Waals surface area contributed by atoms with Crippen molar-refractivity contribution in [2.45, 2.75) is 0 Å². The van der Waals surface area contributed by atoms with E-state index in [-0.39, 0.29) is 5.69 Å². The van der Waals surface area contributed by atoms with Gasteiger partial charge in [0.1, 0.15) is 5.69 Å². The molecule has 2 heterocycles. The SMILES string of the molecule is NC(=O)c1cnccn1.c1cnccn1. The molecule has 0 fully saturated rings. The number of carbonyl (C=O) groups is 1. The van der Waals surface area contributed by atoms with Crippen LogP contribution in [0.2, 0.25) is 0 Å². The molecule has 0 saturated carbocycles. The molecule has 2 aromatic rings. The van der Waals surface area contributed by atoms with Gasteiger partial charge in [0, 0.05) is 37.2 Å². The third-order valence-corrected chi connectivity index (χ3v) is 1.29. The summed E-state index contributed by atoms with van der Waals surface area (Å²) < 4.78 is 0. The summed E-state index contributed by atoms with van der Waals surface area (Å²) in [6.07, 6.45) is 10.8. The fraction of sp³-hybridized carbons (Fsp3) is 0. The summed E-state index contributed by atoms with van der Waals surface area (Å²) in [4.78, 5) is 25.0. The number of hydrogen-bond donors (Lipinski definition) is 1. The molecule has 0 saturated heterocycles. The lowest BCUT2D eigenvalue weighted by Crippen LogP contribution is -2.12. The number of nitrogens with zero attached hydrogens (tertiary/aromatic N) is 4. The first kappa shape index (κ1) is 10.7. The minimum absolute atomic E-state index is 0.192. The molecule has 6 heteroatoms. The van der Waals surface area contributed by atoms with Gasteiger partial charge in [0.2, 0.25) is 0 Å². The van der Waals surface area contributed by atoms with E-state index in [1.807, 2.05) is 0 Å². The van der Waals surface area contributed by atoms with Gasteiger partial charge in [-0.15, -0.1) is 0 Å². The molecule has 2 aromatic heterocycles. The Kier molecular flexibility index (Phi) is 4.38. The summed E-state index contributed by atoms with van der Waals surface area (Å²) in [6.45, 7) is 0. The van der Waals surface area contributed by atoms with Crippen molar-refractivity contribution < 1.29 is 4.79 Å². The lowest BCUT2D eigenvalue weighted by Gasteiger charge is -1.87. The third-order valence-electron chi connectivity index (χ3n) is 1.29. The van der Waals surface area contributed by atoms with E-state index in [0.717, 1.165) is 0 Å². The summed E-state index contributed by atoms with van der Waals surface area (Å²) in [5.41, 5.74) is 5.06. The standard InChI is InChI=1S/C5H5N3O.C4H4N2/c6-5(9)4-3-7-1-2-8-4;1-2-6-4-3-5-1/h1-3H,(H2,6,9);1-4H. The largest absolute Gasteiger partial charge is 0.364 e. The summed E-state index contributed by atoms with van der Waals surface area (Å²) >= 11 is 0. The Balaban J connectivity index is 0.000000162. The van der Waals surface area contributed by atoms with Gasteiger partial charge in [0.25, 0.3) is 5.91 Å². The Morgan fingerprint density at radius 1 is 0.933 bits per heavy atom. The van der Waals surface area contributed by atoms with Crippen LogP contribution in [-0.4, -0.2) is 25.8 Å².